The minimum Gasteiger partial charge on any atom is -0.378 e. The summed E-state index contributed by atoms with van der Waals surface area (Å²) in [5.41, 5.74) is 0.308. The van der Waals surface area contributed by atoms with E-state index in [2.05, 4.69) is 40.9 Å². The summed E-state index contributed by atoms with van der Waals surface area (Å²) in [6, 6.07) is 2.14. The van der Waals surface area contributed by atoms with Crippen LogP contribution in [0.15, 0.2) is 0 Å². The number of piperidine rings is 2. The van der Waals surface area contributed by atoms with Crippen LogP contribution < -0.4 is 5.32 Å². The van der Waals surface area contributed by atoms with Crippen LogP contribution >= 0.6 is 0 Å². The van der Waals surface area contributed by atoms with Crippen LogP contribution in [-0.4, -0.2) is 104 Å². The first-order valence-electron chi connectivity index (χ1n) is 13.7. The molecule has 6 nitrogen and oxygen atoms in total. The lowest BCUT2D eigenvalue weighted by molar-refractivity contribution is -0.0415. The largest absolute Gasteiger partial charge is 0.378 e. The summed E-state index contributed by atoms with van der Waals surface area (Å²) in [5, 5.41) is 3.41. The molecular weight excluding hydrogens is 400 g/mol. The molecule has 32 heavy (non-hydrogen) atoms. The van der Waals surface area contributed by atoms with E-state index in [0.29, 0.717) is 23.7 Å². The Morgan fingerprint density at radius 2 is 1.88 bits per heavy atom. The number of hydrogen-bond donors (Lipinski definition) is 1. The number of nitrogens with one attached hydrogen (secondary N) is 1. The van der Waals surface area contributed by atoms with Crippen LogP contribution in [-0.2, 0) is 9.47 Å². The predicted octanol–water partition coefficient (Wildman–Crippen LogP) is 2.78. The Balaban J connectivity index is 1.15. The van der Waals surface area contributed by atoms with E-state index in [0.717, 1.165) is 50.9 Å². The van der Waals surface area contributed by atoms with E-state index in [-0.39, 0.29) is 0 Å². The maximum absolute atomic E-state index is 6.01. The van der Waals surface area contributed by atoms with Crippen LogP contribution in [0.5, 0.6) is 0 Å². The highest BCUT2D eigenvalue weighted by Crippen LogP contribution is 2.54. The molecule has 5 fully saturated rings. The van der Waals surface area contributed by atoms with Gasteiger partial charge in [0.1, 0.15) is 0 Å². The molecule has 7 atom stereocenters. The lowest BCUT2D eigenvalue weighted by Crippen LogP contribution is -2.55. The molecular formula is C26H48N4O2. The van der Waals surface area contributed by atoms with Crippen LogP contribution in [0.25, 0.3) is 0 Å². The van der Waals surface area contributed by atoms with Crippen molar-refractivity contribution in [2.75, 3.05) is 59.7 Å². The molecule has 1 spiro atoms. The number of ether oxygens (including phenoxy) is 2. The smallest absolute Gasteiger partial charge is 0.0655 e. The van der Waals surface area contributed by atoms with Crippen LogP contribution in [0.2, 0.25) is 0 Å². The third-order valence-corrected chi connectivity index (χ3v) is 9.70. The molecule has 1 saturated carbocycles. The Bertz CT molecular complexity index is 619. The molecule has 1 N–H and O–H groups in total. The van der Waals surface area contributed by atoms with E-state index in [4.69, 9.17) is 9.47 Å². The fourth-order valence-electron chi connectivity index (χ4n) is 7.61. The van der Waals surface area contributed by atoms with Crippen LogP contribution in [0, 0.1) is 11.8 Å². The predicted molar refractivity (Wildman–Crippen MR) is 129 cm³/mol. The summed E-state index contributed by atoms with van der Waals surface area (Å²) in [4.78, 5) is 8.37. The second-order valence-corrected chi connectivity index (χ2v) is 11.6. The Kier molecular flexibility index (Phi) is 7.47. The van der Waals surface area contributed by atoms with E-state index in [1.54, 1.807) is 0 Å². The SMILES string of the molecule is CNCN1CCOCC12CC2C1CCCCN1C(C)CCC(C)N1CCC2OCCC2C1. The van der Waals surface area contributed by atoms with Crippen molar-refractivity contribution in [1.82, 2.24) is 20.0 Å². The molecule has 6 heteroatoms. The molecule has 7 unspecified atom stereocenters. The van der Waals surface area contributed by atoms with Gasteiger partial charge in [-0.25, -0.2) is 0 Å². The quantitative estimate of drug-likeness (QED) is 0.616. The van der Waals surface area contributed by atoms with E-state index in [1.165, 1.54) is 71.0 Å². The highest BCUT2D eigenvalue weighted by Gasteiger charge is 2.63. The number of rotatable bonds is 8. The van der Waals surface area contributed by atoms with Gasteiger partial charge in [-0.1, -0.05) is 6.42 Å². The molecule has 4 saturated heterocycles. The lowest BCUT2D eigenvalue weighted by atomic mass is 9.91. The maximum Gasteiger partial charge on any atom is 0.0655 e. The summed E-state index contributed by atoms with van der Waals surface area (Å²) in [5.74, 6) is 1.58. The van der Waals surface area contributed by atoms with Crippen molar-refractivity contribution < 1.29 is 9.47 Å². The molecule has 4 aliphatic heterocycles. The minimum atomic E-state index is 0.308. The highest BCUT2D eigenvalue weighted by molar-refractivity contribution is 5.17. The van der Waals surface area contributed by atoms with Gasteiger partial charge in [0.15, 0.2) is 0 Å². The highest BCUT2D eigenvalue weighted by atomic mass is 16.5. The zero-order valence-corrected chi connectivity index (χ0v) is 20.9. The fraction of sp³-hybridized carbons (Fsp3) is 1.00. The standard InChI is InChI=1S/C26H48N4O2/c1-20(28-12-9-25-22(17-28)10-14-32-25)7-8-21(2)30-11-5-4-6-24(30)23-16-26(23)18-31-15-13-29(26)19-27-3/h20-25,27H,4-19H2,1-3H3. The molecule has 0 aromatic carbocycles. The normalized spacial score (nSPS) is 41.0. The van der Waals surface area contributed by atoms with Crippen LogP contribution in [0.4, 0.5) is 0 Å². The first kappa shape index (κ1) is 23.5. The van der Waals surface area contributed by atoms with E-state index in [9.17, 15) is 0 Å². The summed E-state index contributed by atoms with van der Waals surface area (Å²) in [6.45, 7) is 13.7. The summed E-state index contributed by atoms with van der Waals surface area (Å²) in [7, 11) is 2.08. The summed E-state index contributed by atoms with van der Waals surface area (Å²) >= 11 is 0. The topological polar surface area (TPSA) is 40.2 Å². The molecule has 0 bridgehead atoms. The molecule has 0 aromatic rings. The minimum absolute atomic E-state index is 0.308. The summed E-state index contributed by atoms with van der Waals surface area (Å²) in [6.07, 6.45) is 11.2. The van der Waals surface area contributed by atoms with Crippen LogP contribution in [0.3, 0.4) is 0 Å². The van der Waals surface area contributed by atoms with Gasteiger partial charge >= 0.3 is 0 Å². The number of fused-ring (bicyclic) bond motifs is 1. The van der Waals surface area contributed by atoms with Crippen molar-refractivity contribution in [3.05, 3.63) is 0 Å². The molecule has 4 heterocycles. The Morgan fingerprint density at radius 3 is 2.75 bits per heavy atom. The molecule has 0 amide bonds. The van der Waals surface area contributed by atoms with Gasteiger partial charge < -0.3 is 19.7 Å². The number of nitrogens with zero attached hydrogens (tertiary/aromatic N) is 3. The van der Waals surface area contributed by atoms with Crippen molar-refractivity contribution in [1.29, 1.82) is 0 Å². The lowest BCUT2D eigenvalue weighted by Gasteiger charge is -2.44. The van der Waals surface area contributed by atoms with Gasteiger partial charge in [-0.3, -0.25) is 9.80 Å². The molecule has 0 aromatic heterocycles. The zero-order valence-electron chi connectivity index (χ0n) is 20.9. The van der Waals surface area contributed by atoms with Gasteiger partial charge in [0.2, 0.25) is 0 Å². The molecule has 184 valence electrons. The summed E-state index contributed by atoms with van der Waals surface area (Å²) < 4.78 is 11.9. The van der Waals surface area contributed by atoms with Gasteiger partial charge in [0.05, 0.1) is 24.9 Å². The first-order valence-corrected chi connectivity index (χ1v) is 13.7. The monoisotopic (exact) mass is 448 g/mol. The molecule has 5 aliphatic rings. The van der Waals surface area contributed by atoms with Crippen molar-refractivity contribution in [3.63, 3.8) is 0 Å². The third kappa shape index (κ3) is 4.65. The molecule has 5 rings (SSSR count). The Morgan fingerprint density at radius 1 is 1.00 bits per heavy atom. The second kappa shape index (κ2) is 10.2. The van der Waals surface area contributed by atoms with Gasteiger partial charge in [-0.15, -0.1) is 0 Å². The Hall–Kier alpha value is -0.240. The number of morpholine rings is 1. The van der Waals surface area contributed by atoms with E-state index >= 15 is 0 Å². The fourth-order valence-corrected chi connectivity index (χ4v) is 7.61. The molecule has 0 radical (unpaired) electrons. The first-order chi connectivity index (χ1) is 15.6. The maximum atomic E-state index is 6.01. The van der Waals surface area contributed by atoms with Gasteiger partial charge in [-0.05, 0) is 78.3 Å². The zero-order chi connectivity index (χ0) is 22.1. The van der Waals surface area contributed by atoms with E-state index < -0.39 is 0 Å². The van der Waals surface area contributed by atoms with Crippen molar-refractivity contribution in [3.8, 4) is 0 Å². The Labute approximate surface area is 196 Å². The van der Waals surface area contributed by atoms with Crippen LogP contribution in [0.1, 0.15) is 65.2 Å². The van der Waals surface area contributed by atoms with E-state index in [1.807, 2.05) is 0 Å². The second-order valence-electron chi connectivity index (χ2n) is 11.6. The van der Waals surface area contributed by atoms with Gasteiger partial charge in [-0.2, -0.15) is 0 Å². The number of likely N-dealkylation sites (tertiary alicyclic amines) is 2. The van der Waals surface area contributed by atoms with Crippen molar-refractivity contribution in [2.24, 2.45) is 11.8 Å². The average Bonchev–Trinajstić information content (AvgIpc) is 3.32. The van der Waals surface area contributed by atoms with Gasteiger partial charge in [0.25, 0.3) is 0 Å². The molecule has 1 aliphatic carbocycles. The third-order valence-electron chi connectivity index (χ3n) is 9.70. The van der Waals surface area contributed by atoms with Crippen molar-refractivity contribution in [2.45, 2.75) is 95.0 Å². The van der Waals surface area contributed by atoms with Gasteiger partial charge in [0, 0.05) is 57.0 Å². The average molecular weight is 449 g/mol. The van der Waals surface area contributed by atoms with Crippen molar-refractivity contribution >= 4 is 0 Å². The number of hydrogen-bond acceptors (Lipinski definition) is 6.